The van der Waals surface area contributed by atoms with Gasteiger partial charge in [-0.2, -0.15) is 0 Å². The highest BCUT2D eigenvalue weighted by atomic mass is 16.3. The Hall–Kier alpha value is -0.840. The number of hydrogen-bond donors (Lipinski definition) is 0. The topological polar surface area (TPSA) is 22.9 Å². The van der Waals surface area contributed by atoms with Crippen LogP contribution < -0.4 is 0 Å². The Morgan fingerprint density at radius 2 is 1.80 bits per heavy atom. The van der Waals surface area contributed by atoms with Crippen molar-refractivity contribution < 1.29 is 4.42 Å². The number of piperidine rings is 1. The molecule has 3 rings (SSSR count). The number of rotatable bonds is 4. The third kappa shape index (κ3) is 3.43. The van der Waals surface area contributed by atoms with Gasteiger partial charge in [-0.25, -0.2) is 0 Å². The van der Waals surface area contributed by atoms with E-state index in [0.717, 1.165) is 18.3 Å². The molecule has 2 saturated heterocycles. The summed E-state index contributed by atoms with van der Waals surface area (Å²) in [5, 5.41) is 0. The molecule has 2 aliphatic heterocycles. The summed E-state index contributed by atoms with van der Waals surface area (Å²) in [5.41, 5.74) is 0. The Bertz CT molecular complexity index is 376. The first-order valence-electron chi connectivity index (χ1n) is 8.06. The van der Waals surface area contributed by atoms with Crippen molar-refractivity contribution >= 4 is 0 Å². The molecule has 1 aromatic rings. The standard InChI is InChI=1S/C16H27N3O/c1-2-17-9-11-19(12-10-17)15-5-7-18(8-6-15)14-16-4-3-13-20-16/h3-4,13,15H,2,5-12,14H2,1H3. The first-order valence-corrected chi connectivity index (χ1v) is 8.06. The lowest BCUT2D eigenvalue weighted by atomic mass is 10.0. The molecule has 0 N–H and O–H groups in total. The Morgan fingerprint density at radius 3 is 2.40 bits per heavy atom. The van der Waals surface area contributed by atoms with Gasteiger partial charge in [0.25, 0.3) is 0 Å². The number of nitrogens with zero attached hydrogens (tertiary/aromatic N) is 3. The molecule has 112 valence electrons. The van der Waals surface area contributed by atoms with Crippen LogP contribution in [0, 0.1) is 0 Å². The van der Waals surface area contributed by atoms with Crippen LogP contribution in [0.3, 0.4) is 0 Å². The van der Waals surface area contributed by atoms with Crippen LogP contribution in [-0.2, 0) is 6.54 Å². The van der Waals surface area contributed by atoms with Gasteiger partial charge >= 0.3 is 0 Å². The molecule has 0 spiro atoms. The smallest absolute Gasteiger partial charge is 0.117 e. The summed E-state index contributed by atoms with van der Waals surface area (Å²) in [7, 11) is 0. The lowest BCUT2D eigenvalue weighted by Gasteiger charge is -2.42. The zero-order valence-electron chi connectivity index (χ0n) is 12.6. The minimum absolute atomic E-state index is 0.807. The van der Waals surface area contributed by atoms with Gasteiger partial charge in [0.2, 0.25) is 0 Å². The summed E-state index contributed by atoms with van der Waals surface area (Å²) >= 11 is 0. The van der Waals surface area contributed by atoms with E-state index >= 15 is 0 Å². The van der Waals surface area contributed by atoms with Crippen molar-refractivity contribution in [1.82, 2.24) is 14.7 Å². The molecule has 0 unspecified atom stereocenters. The van der Waals surface area contributed by atoms with E-state index in [9.17, 15) is 0 Å². The maximum absolute atomic E-state index is 5.45. The molecule has 0 amide bonds. The molecule has 0 saturated carbocycles. The predicted molar refractivity (Wildman–Crippen MR) is 80.7 cm³/mol. The van der Waals surface area contributed by atoms with Gasteiger partial charge in [-0.1, -0.05) is 6.92 Å². The summed E-state index contributed by atoms with van der Waals surface area (Å²) < 4.78 is 5.45. The molecule has 0 radical (unpaired) electrons. The average Bonchev–Trinajstić information content (AvgIpc) is 3.01. The molecule has 0 bridgehead atoms. The SMILES string of the molecule is CCN1CCN(C2CCN(Cc3ccco3)CC2)CC1. The average molecular weight is 277 g/mol. The molecule has 1 aromatic heterocycles. The van der Waals surface area contributed by atoms with Gasteiger partial charge in [0.15, 0.2) is 0 Å². The van der Waals surface area contributed by atoms with Crippen molar-refractivity contribution in [2.75, 3.05) is 45.8 Å². The normalized spacial score (nSPS) is 24.2. The Labute approximate surface area is 122 Å². The second-order valence-corrected chi connectivity index (χ2v) is 6.06. The van der Waals surface area contributed by atoms with Crippen LogP contribution >= 0.6 is 0 Å². The summed E-state index contributed by atoms with van der Waals surface area (Å²) in [6.07, 6.45) is 4.40. The van der Waals surface area contributed by atoms with E-state index in [1.54, 1.807) is 6.26 Å². The van der Waals surface area contributed by atoms with Crippen LogP contribution in [-0.4, -0.2) is 66.6 Å². The maximum Gasteiger partial charge on any atom is 0.117 e. The monoisotopic (exact) mass is 277 g/mol. The fourth-order valence-corrected chi connectivity index (χ4v) is 3.51. The fraction of sp³-hybridized carbons (Fsp3) is 0.750. The number of hydrogen-bond acceptors (Lipinski definition) is 4. The molecular formula is C16H27N3O. The van der Waals surface area contributed by atoms with Gasteiger partial charge in [0.1, 0.15) is 5.76 Å². The molecule has 3 heterocycles. The lowest BCUT2D eigenvalue weighted by molar-refractivity contribution is 0.0577. The van der Waals surface area contributed by atoms with Crippen LogP contribution in [0.5, 0.6) is 0 Å². The minimum Gasteiger partial charge on any atom is -0.468 e. The quantitative estimate of drug-likeness (QED) is 0.838. The van der Waals surface area contributed by atoms with Gasteiger partial charge in [0, 0.05) is 45.3 Å². The van der Waals surface area contributed by atoms with E-state index in [-0.39, 0.29) is 0 Å². The summed E-state index contributed by atoms with van der Waals surface area (Å²) in [6.45, 7) is 11.9. The highest BCUT2D eigenvalue weighted by Crippen LogP contribution is 2.19. The minimum atomic E-state index is 0.807. The van der Waals surface area contributed by atoms with Crippen molar-refractivity contribution in [3.63, 3.8) is 0 Å². The summed E-state index contributed by atoms with van der Waals surface area (Å²) in [6, 6.07) is 4.87. The lowest BCUT2D eigenvalue weighted by Crippen LogP contribution is -2.52. The summed E-state index contributed by atoms with van der Waals surface area (Å²) in [5.74, 6) is 1.10. The first kappa shape index (κ1) is 14.1. The third-order valence-electron chi connectivity index (χ3n) is 4.89. The van der Waals surface area contributed by atoms with Gasteiger partial charge in [-0.15, -0.1) is 0 Å². The molecule has 4 nitrogen and oxygen atoms in total. The molecule has 20 heavy (non-hydrogen) atoms. The van der Waals surface area contributed by atoms with Gasteiger partial charge < -0.3 is 9.32 Å². The third-order valence-corrected chi connectivity index (χ3v) is 4.89. The number of likely N-dealkylation sites (tertiary alicyclic amines) is 1. The molecule has 0 aromatic carbocycles. The Morgan fingerprint density at radius 1 is 1.05 bits per heavy atom. The first-order chi connectivity index (χ1) is 9.85. The Balaban J connectivity index is 1.42. The van der Waals surface area contributed by atoms with Crippen molar-refractivity contribution in [3.8, 4) is 0 Å². The van der Waals surface area contributed by atoms with Crippen LogP contribution in [0.25, 0.3) is 0 Å². The van der Waals surface area contributed by atoms with Gasteiger partial charge in [-0.3, -0.25) is 9.80 Å². The van der Waals surface area contributed by atoms with E-state index < -0.39 is 0 Å². The maximum atomic E-state index is 5.45. The second kappa shape index (κ2) is 6.74. The van der Waals surface area contributed by atoms with Crippen molar-refractivity contribution in [2.45, 2.75) is 32.4 Å². The van der Waals surface area contributed by atoms with Crippen LogP contribution in [0.1, 0.15) is 25.5 Å². The van der Waals surface area contributed by atoms with Crippen molar-refractivity contribution in [2.24, 2.45) is 0 Å². The zero-order valence-corrected chi connectivity index (χ0v) is 12.6. The highest BCUT2D eigenvalue weighted by molar-refractivity contribution is 4.98. The van der Waals surface area contributed by atoms with Crippen molar-refractivity contribution in [3.05, 3.63) is 24.2 Å². The largest absolute Gasteiger partial charge is 0.468 e. The van der Waals surface area contributed by atoms with Crippen LogP contribution in [0.4, 0.5) is 0 Å². The Kier molecular flexibility index (Phi) is 4.76. The fourth-order valence-electron chi connectivity index (χ4n) is 3.51. The predicted octanol–water partition coefficient (Wildman–Crippen LogP) is 1.88. The molecule has 0 aliphatic carbocycles. The molecule has 4 heteroatoms. The van der Waals surface area contributed by atoms with E-state index in [2.05, 4.69) is 27.7 Å². The number of likely N-dealkylation sites (N-methyl/N-ethyl adjacent to an activating group) is 1. The second-order valence-electron chi connectivity index (χ2n) is 6.06. The van der Waals surface area contributed by atoms with Crippen LogP contribution in [0.15, 0.2) is 22.8 Å². The van der Waals surface area contributed by atoms with E-state index in [1.807, 2.05) is 6.07 Å². The zero-order chi connectivity index (χ0) is 13.8. The molecule has 2 fully saturated rings. The summed E-state index contributed by atoms with van der Waals surface area (Å²) in [4.78, 5) is 7.80. The van der Waals surface area contributed by atoms with E-state index in [1.165, 1.54) is 58.7 Å². The number of furan rings is 1. The van der Waals surface area contributed by atoms with E-state index in [4.69, 9.17) is 4.42 Å². The number of piperazine rings is 1. The van der Waals surface area contributed by atoms with Crippen molar-refractivity contribution in [1.29, 1.82) is 0 Å². The highest BCUT2D eigenvalue weighted by Gasteiger charge is 2.27. The van der Waals surface area contributed by atoms with Gasteiger partial charge in [0.05, 0.1) is 12.8 Å². The molecule has 2 aliphatic rings. The molecular weight excluding hydrogens is 250 g/mol. The van der Waals surface area contributed by atoms with Crippen LogP contribution in [0.2, 0.25) is 0 Å². The molecule has 0 atom stereocenters. The van der Waals surface area contributed by atoms with E-state index in [0.29, 0.717) is 0 Å². The van der Waals surface area contributed by atoms with Gasteiger partial charge in [-0.05, 0) is 31.5 Å².